The first-order valence-electron chi connectivity index (χ1n) is 10.7. The van der Waals surface area contributed by atoms with E-state index in [2.05, 4.69) is 11.8 Å². The van der Waals surface area contributed by atoms with Gasteiger partial charge >= 0.3 is 0 Å². The predicted octanol–water partition coefficient (Wildman–Crippen LogP) is 3.82. The third kappa shape index (κ3) is 3.98. The van der Waals surface area contributed by atoms with Crippen LogP contribution in [0.2, 0.25) is 0 Å². The minimum atomic E-state index is -0.123. The molecule has 0 saturated carbocycles. The highest BCUT2D eigenvalue weighted by atomic mass is 16.5. The Labute approximate surface area is 188 Å². The van der Waals surface area contributed by atoms with Crippen LogP contribution in [0.25, 0.3) is 11.4 Å². The summed E-state index contributed by atoms with van der Waals surface area (Å²) >= 11 is 0. The van der Waals surface area contributed by atoms with Crippen LogP contribution < -0.4 is 14.4 Å². The lowest BCUT2D eigenvalue weighted by Gasteiger charge is -2.32. The molecule has 0 fully saturated rings. The maximum Gasteiger partial charge on any atom is 0.261 e. The fraction of sp³-hybridized carbons (Fsp3) is 0.320. The van der Waals surface area contributed by atoms with Crippen molar-refractivity contribution in [2.24, 2.45) is 0 Å². The van der Waals surface area contributed by atoms with Gasteiger partial charge in [-0.25, -0.2) is 9.97 Å². The quantitative estimate of drug-likeness (QED) is 0.590. The van der Waals surface area contributed by atoms with Crippen molar-refractivity contribution in [3.8, 4) is 22.9 Å². The standard InChI is InChI=1S/C25H28N4O3/c1-5-28(2)24-18-16-29(25(30)22-20(31-3)12-9-13-21(22)32-4)15-14-19(18)26-23(27-24)17-10-7-6-8-11-17/h6-13H,5,14-16H2,1-4H3. The van der Waals surface area contributed by atoms with Gasteiger partial charge in [-0.2, -0.15) is 0 Å². The van der Waals surface area contributed by atoms with Crippen LogP contribution in [0.3, 0.4) is 0 Å². The predicted molar refractivity (Wildman–Crippen MR) is 124 cm³/mol. The van der Waals surface area contributed by atoms with Crippen molar-refractivity contribution < 1.29 is 14.3 Å². The molecule has 0 bridgehead atoms. The van der Waals surface area contributed by atoms with Crippen molar-refractivity contribution in [3.05, 3.63) is 65.4 Å². The number of amides is 1. The summed E-state index contributed by atoms with van der Waals surface area (Å²) in [4.78, 5) is 27.2. The fourth-order valence-corrected chi connectivity index (χ4v) is 3.97. The summed E-state index contributed by atoms with van der Waals surface area (Å²) in [5, 5.41) is 0. The number of carbonyl (C=O) groups excluding carboxylic acids is 1. The molecular weight excluding hydrogens is 404 g/mol. The first-order chi connectivity index (χ1) is 15.6. The number of rotatable bonds is 6. The Morgan fingerprint density at radius 3 is 2.34 bits per heavy atom. The van der Waals surface area contributed by atoms with E-state index in [-0.39, 0.29) is 5.91 Å². The summed E-state index contributed by atoms with van der Waals surface area (Å²) in [6.45, 7) is 3.88. The molecule has 3 aromatic rings. The van der Waals surface area contributed by atoms with E-state index in [9.17, 15) is 4.79 Å². The minimum absolute atomic E-state index is 0.123. The molecule has 166 valence electrons. The smallest absolute Gasteiger partial charge is 0.261 e. The number of nitrogens with zero attached hydrogens (tertiary/aromatic N) is 4. The number of hydrogen-bond donors (Lipinski definition) is 0. The van der Waals surface area contributed by atoms with E-state index in [0.717, 1.165) is 29.2 Å². The molecule has 7 nitrogen and oxygen atoms in total. The molecule has 4 rings (SSSR count). The molecule has 0 N–H and O–H groups in total. The first kappa shape index (κ1) is 21.6. The van der Waals surface area contributed by atoms with Crippen LogP contribution in [0.4, 0.5) is 5.82 Å². The van der Waals surface area contributed by atoms with Crippen molar-refractivity contribution in [1.82, 2.24) is 14.9 Å². The van der Waals surface area contributed by atoms with Gasteiger partial charge in [0.2, 0.25) is 0 Å². The van der Waals surface area contributed by atoms with Gasteiger partial charge in [-0.3, -0.25) is 4.79 Å². The zero-order valence-electron chi connectivity index (χ0n) is 19.0. The normalized spacial score (nSPS) is 12.8. The second-order valence-electron chi connectivity index (χ2n) is 7.69. The zero-order valence-corrected chi connectivity index (χ0v) is 19.0. The van der Waals surface area contributed by atoms with Gasteiger partial charge < -0.3 is 19.3 Å². The molecule has 0 saturated heterocycles. The number of benzene rings is 2. The van der Waals surface area contributed by atoms with Crippen LogP contribution in [-0.2, 0) is 13.0 Å². The molecule has 1 aliphatic rings. The van der Waals surface area contributed by atoms with Gasteiger partial charge in [-0.1, -0.05) is 36.4 Å². The Morgan fingerprint density at radius 1 is 1.03 bits per heavy atom. The molecule has 1 aromatic heterocycles. The lowest BCUT2D eigenvalue weighted by Crippen LogP contribution is -2.38. The lowest BCUT2D eigenvalue weighted by molar-refractivity contribution is 0.0726. The summed E-state index contributed by atoms with van der Waals surface area (Å²) in [5.74, 6) is 2.46. The van der Waals surface area contributed by atoms with E-state index in [1.807, 2.05) is 48.3 Å². The summed E-state index contributed by atoms with van der Waals surface area (Å²) in [5.41, 5.74) is 3.40. The third-order valence-electron chi connectivity index (χ3n) is 5.84. The van der Waals surface area contributed by atoms with Crippen LogP contribution in [-0.4, -0.2) is 55.1 Å². The molecule has 0 atom stereocenters. The fourth-order valence-electron chi connectivity index (χ4n) is 3.97. The molecule has 0 radical (unpaired) electrons. The number of methoxy groups -OCH3 is 2. The van der Waals surface area contributed by atoms with Crippen molar-refractivity contribution in [2.75, 3.05) is 39.3 Å². The van der Waals surface area contributed by atoms with E-state index >= 15 is 0 Å². The number of anilines is 1. The van der Waals surface area contributed by atoms with Gasteiger partial charge in [-0.05, 0) is 19.1 Å². The largest absolute Gasteiger partial charge is 0.496 e. The monoisotopic (exact) mass is 432 g/mol. The van der Waals surface area contributed by atoms with Crippen molar-refractivity contribution in [3.63, 3.8) is 0 Å². The van der Waals surface area contributed by atoms with E-state index in [0.29, 0.717) is 42.4 Å². The summed E-state index contributed by atoms with van der Waals surface area (Å²) in [6, 6.07) is 15.4. The molecule has 0 spiro atoms. The van der Waals surface area contributed by atoms with E-state index < -0.39 is 0 Å². The van der Waals surface area contributed by atoms with Crippen molar-refractivity contribution in [1.29, 1.82) is 0 Å². The Hall–Kier alpha value is -3.61. The molecule has 0 unspecified atom stereocenters. The SMILES string of the molecule is CCN(C)c1nc(-c2ccccc2)nc2c1CN(C(=O)c1c(OC)cccc1OC)CC2. The molecule has 32 heavy (non-hydrogen) atoms. The first-order valence-corrected chi connectivity index (χ1v) is 10.7. The average Bonchev–Trinajstić information content (AvgIpc) is 2.86. The Bertz CT molecular complexity index is 1100. The molecular formula is C25H28N4O3. The highest BCUT2D eigenvalue weighted by Gasteiger charge is 2.30. The highest BCUT2D eigenvalue weighted by molar-refractivity contribution is 6.00. The van der Waals surface area contributed by atoms with Crippen LogP contribution in [0.1, 0.15) is 28.5 Å². The maximum atomic E-state index is 13.5. The summed E-state index contributed by atoms with van der Waals surface area (Å²) < 4.78 is 10.9. The molecule has 2 heterocycles. The summed E-state index contributed by atoms with van der Waals surface area (Å²) in [6.07, 6.45) is 0.658. The summed E-state index contributed by atoms with van der Waals surface area (Å²) in [7, 11) is 5.13. The number of fused-ring (bicyclic) bond motifs is 1. The average molecular weight is 433 g/mol. The highest BCUT2D eigenvalue weighted by Crippen LogP contribution is 2.33. The van der Waals surface area contributed by atoms with Crippen LogP contribution in [0.15, 0.2) is 48.5 Å². The topological polar surface area (TPSA) is 67.8 Å². The van der Waals surface area contributed by atoms with Crippen molar-refractivity contribution >= 4 is 11.7 Å². The molecule has 1 amide bonds. The molecule has 1 aliphatic heterocycles. The van der Waals surface area contributed by atoms with Gasteiger partial charge in [-0.15, -0.1) is 0 Å². The van der Waals surface area contributed by atoms with Gasteiger partial charge in [0.1, 0.15) is 22.9 Å². The number of ether oxygens (including phenoxy) is 2. The molecule has 7 heteroatoms. The van der Waals surface area contributed by atoms with Gasteiger partial charge in [0.25, 0.3) is 5.91 Å². The Balaban J connectivity index is 1.73. The molecule has 0 aliphatic carbocycles. The number of carbonyl (C=O) groups is 1. The van der Waals surface area contributed by atoms with Crippen LogP contribution in [0.5, 0.6) is 11.5 Å². The Kier molecular flexibility index (Phi) is 6.25. The van der Waals surface area contributed by atoms with E-state index in [1.165, 1.54) is 0 Å². The van der Waals surface area contributed by atoms with Gasteiger partial charge in [0, 0.05) is 37.7 Å². The maximum absolute atomic E-state index is 13.5. The van der Waals surface area contributed by atoms with E-state index in [1.54, 1.807) is 26.4 Å². The van der Waals surface area contributed by atoms with Crippen LogP contribution in [0, 0.1) is 0 Å². The second kappa shape index (κ2) is 9.26. The Morgan fingerprint density at radius 2 is 1.72 bits per heavy atom. The lowest BCUT2D eigenvalue weighted by atomic mass is 10.0. The van der Waals surface area contributed by atoms with Gasteiger partial charge in [0.15, 0.2) is 5.82 Å². The zero-order chi connectivity index (χ0) is 22.7. The number of aromatic nitrogens is 2. The van der Waals surface area contributed by atoms with E-state index in [4.69, 9.17) is 19.4 Å². The molecule has 2 aromatic carbocycles. The minimum Gasteiger partial charge on any atom is -0.496 e. The number of hydrogen-bond acceptors (Lipinski definition) is 6. The van der Waals surface area contributed by atoms with Crippen LogP contribution >= 0.6 is 0 Å². The third-order valence-corrected chi connectivity index (χ3v) is 5.84. The van der Waals surface area contributed by atoms with Crippen molar-refractivity contribution in [2.45, 2.75) is 19.9 Å². The second-order valence-corrected chi connectivity index (χ2v) is 7.69. The van der Waals surface area contributed by atoms with Gasteiger partial charge in [0.05, 0.1) is 26.5 Å².